The first-order chi connectivity index (χ1) is 12.2. The van der Waals surface area contributed by atoms with E-state index in [1.165, 1.54) is 4.57 Å². The number of fused-ring (bicyclic) bond motifs is 1. The number of aryl methyl sites for hydroxylation is 1. The molecule has 0 saturated heterocycles. The first-order valence-corrected chi connectivity index (χ1v) is 10.5. The molecule has 0 amide bonds. The minimum atomic E-state index is -3.55. The van der Waals surface area contributed by atoms with Crippen LogP contribution in [0.2, 0.25) is 0 Å². The Morgan fingerprint density at radius 3 is 2.50 bits per heavy atom. The predicted octanol–water partition coefficient (Wildman–Crippen LogP) is 3.15. The molecule has 7 heteroatoms. The standard InChI is InChI=1S/C19H23N3O3S/c1-5-10-21-13(2)11-15(14(21)3)18(23)12-22-17-9-7-6-8-16(17)20-19(22)26(4,24)25/h6-9,11H,5,10,12H2,1-4H3. The molecule has 2 heterocycles. The molecule has 0 saturated carbocycles. The number of sulfone groups is 1. The second kappa shape index (κ2) is 6.72. The quantitative estimate of drug-likeness (QED) is 0.622. The molecule has 3 rings (SSSR count). The Morgan fingerprint density at radius 1 is 1.15 bits per heavy atom. The number of ketones is 1. The fourth-order valence-electron chi connectivity index (χ4n) is 3.37. The number of nitrogens with zero attached hydrogens (tertiary/aromatic N) is 3. The molecule has 2 aromatic heterocycles. The fourth-order valence-corrected chi connectivity index (χ4v) is 4.20. The first kappa shape index (κ1) is 18.4. The summed E-state index contributed by atoms with van der Waals surface area (Å²) in [5.41, 5.74) is 3.79. The molecule has 0 aliphatic heterocycles. The fraction of sp³-hybridized carbons (Fsp3) is 0.368. The van der Waals surface area contributed by atoms with Crippen molar-refractivity contribution in [1.82, 2.24) is 14.1 Å². The molecule has 3 aromatic rings. The topological polar surface area (TPSA) is 74.0 Å². The third-order valence-corrected chi connectivity index (χ3v) is 5.55. The summed E-state index contributed by atoms with van der Waals surface area (Å²) in [6.07, 6.45) is 2.09. The molecule has 0 atom stereocenters. The van der Waals surface area contributed by atoms with Gasteiger partial charge in [0.25, 0.3) is 0 Å². The molecule has 26 heavy (non-hydrogen) atoms. The number of rotatable bonds is 6. The summed E-state index contributed by atoms with van der Waals surface area (Å²) in [4.78, 5) is 17.2. The van der Waals surface area contributed by atoms with Crippen LogP contribution in [0.5, 0.6) is 0 Å². The highest BCUT2D eigenvalue weighted by atomic mass is 32.2. The zero-order valence-electron chi connectivity index (χ0n) is 15.5. The van der Waals surface area contributed by atoms with E-state index in [0.717, 1.165) is 30.6 Å². The van der Waals surface area contributed by atoms with Gasteiger partial charge in [-0.15, -0.1) is 0 Å². The van der Waals surface area contributed by atoms with Crippen LogP contribution in [0.15, 0.2) is 35.5 Å². The van der Waals surface area contributed by atoms with Crippen LogP contribution >= 0.6 is 0 Å². The number of imidazole rings is 1. The first-order valence-electron chi connectivity index (χ1n) is 8.59. The maximum absolute atomic E-state index is 13.0. The number of aromatic nitrogens is 3. The van der Waals surface area contributed by atoms with Crippen LogP contribution in [0.3, 0.4) is 0 Å². The van der Waals surface area contributed by atoms with Gasteiger partial charge in [0.2, 0.25) is 15.0 Å². The largest absolute Gasteiger partial charge is 0.348 e. The van der Waals surface area contributed by atoms with Crippen molar-refractivity contribution in [2.45, 2.75) is 45.4 Å². The van der Waals surface area contributed by atoms with E-state index in [4.69, 9.17) is 0 Å². The monoisotopic (exact) mass is 373 g/mol. The number of Topliss-reactive ketones (excluding diaryl/α,β-unsaturated/α-hetero) is 1. The van der Waals surface area contributed by atoms with Crippen molar-refractivity contribution < 1.29 is 13.2 Å². The van der Waals surface area contributed by atoms with Gasteiger partial charge in [0.1, 0.15) is 0 Å². The highest BCUT2D eigenvalue weighted by molar-refractivity contribution is 7.90. The van der Waals surface area contributed by atoms with Crippen molar-refractivity contribution in [2.75, 3.05) is 6.26 Å². The number of carbonyl (C=O) groups is 1. The van der Waals surface area contributed by atoms with E-state index in [1.807, 2.05) is 26.0 Å². The SMILES string of the molecule is CCCn1c(C)cc(C(=O)Cn2c(S(C)(=O)=O)nc3ccccc32)c1C. The van der Waals surface area contributed by atoms with E-state index in [1.54, 1.807) is 18.2 Å². The summed E-state index contributed by atoms with van der Waals surface area (Å²) in [6.45, 7) is 6.80. The van der Waals surface area contributed by atoms with Crippen LogP contribution < -0.4 is 0 Å². The number of para-hydroxylation sites is 2. The zero-order valence-corrected chi connectivity index (χ0v) is 16.3. The van der Waals surface area contributed by atoms with Gasteiger partial charge in [-0.2, -0.15) is 0 Å². The van der Waals surface area contributed by atoms with Crippen LogP contribution in [0.25, 0.3) is 11.0 Å². The second-order valence-corrected chi connectivity index (χ2v) is 8.51. The average Bonchev–Trinajstić information content (AvgIpc) is 3.08. The summed E-state index contributed by atoms with van der Waals surface area (Å²) in [7, 11) is -3.55. The lowest BCUT2D eigenvalue weighted by atomic mass is 10.1. The number of hydrogen-bond acceptors (Lipinski definition) is 4. The highest BCUT2D eigenvalue weighted by Gasteiger charge is 2.23. The van der Waals surface area contributed by atoms with E-state index in [0.29, 0.717) is 16.6 Å². The van der Waals surface area contributed by atoms with E-state index in [9.17, 15) is 13.2 Å². The Balaban J connectivity index is 2.07. The lowest BCUT2D eigenvalue weighted by Gasteiger charge is -2.09. The third-order valence-electron chi connectivity index (χ3n) is 4.57. The van der Waals surface area contributed by atoms with Crippen molar-refractivity contribution >= 4 is 26.7 Å². The van der Waals surface area contributed by atoms with Crippen molar-refractivity contribution in [3.63, 3.8) is 0 Å². The maximum atomic E-state index is 13.0. The van der Waals surface area contributed by atoms with Gasteiger partial charge < -0.3 is 9.13 Å². The van der Waals surface area contributed by atoms with E-state index in [2.05, 4.69) is 16.5 Å². The lowest BCUT2D eigenvalue weighted by molar-refractivity contribution is 0.0969. The number of benzene rings is 1. The van der Waals surface area contributed by atoms with Crippen LogP contribution in [-0.4, -0.2) is 34.6 Å². The Morgan fingerprint density at radius 2 is 1.85 bits per heavy atom. The van der Waals surface area contributed by atoms with Crippen LogP contribution in [0.4, 0.5) is 0 Å². The molecule has 0 radical (unpaired) electrons. The maximum Gasteiger partial charge on any atom is 0.228 e. The summed E-state index contributed by atoms with van der Waals surface area (Å²) < 4.78 is 27.9. The van der Waals surface area contributed by atoms with Crippen molar-refractivity contribution in [3.05, 3.63) is 47.3 Å². The minimum absolute atomic E-state index is 0.0562. The Labute approximate surface area is 153 Å². The third kappa shape index (κ3) is 3.19. The van der Waals surface area contributed by atoms with E-state index >= 15 is 0 Å². The van der Waals surface area contributed by atoms with Crippen molar-refractivity contribution in [2.24, 2.45) is 0 Å². The van der Waals surface area contributed by atoms with Crippen molar-refractivity contribution in [3.8, 4) is 0 Å². The summed E-state index contributed by atoms with van der Waals surface area (Å²) >= 11 is 0. The van der Waals surface area contributed by atoms with Crippen LogP contribution in [0.1, 0.15) is 35.1 Å². The van der Waals surface area contributed by atoms with Gasteiger partial charge in [-0.1, -0.05) is 19.1 Å². The average molecular weight is 373 g/mol. The molecule has 0 aliphatic carbocycles. The van der Waals surface area contributed by atoms with E-state index in [-0.39, 0.29) is 17.5 Å². The molecule has 0 aliphatic rings. The molecule has 0 fully saturated rings. The zero-order chi connectivity index (χ0) is 19.1. The molecule has 0 N–H and O–H groups in total. The van der Waals surface area contributed by atoms with Gasteiger partial charge in [0, 0.05) is 29.8 Å². The lowest BCUT2D eigenvalue weighted by Crippen LogP contribution is -2.16. The summed E-state index contributed by atoms with van der Waals surface area (Å²) in [5, 5.41) is -0.0746. The Kier molecular flexibility index (Phi) is 4.75. The van der Waals surface area contributed by atoms with Gasteiger partial charge in [0.05, 0.1) is 17.6 Å². The van der Waals surface area contributed by atoms with Crippen molar-refractivity contribution in [1.29, 1.82) is 0 Å². The smallest absolute Gasteiger partial charge is 0.228 e. The second-order valence-electron chi connectivity index (χ2n) is 6.60. The number of carbonyl (C=O) groups excluding carboxylic acids is 1. The molecular weight excluding hydrogens is 350 g/mol. The van der Waals surface area contributed by atoms with Gasteiger partial charge >= 0.3 is 0 Å². The highest BCUT2D eigenvalue weighted by Crippen LogP contribution is 2.22. The molecule has 0 spiro atoms. The predicted molar refractivity (Wildman–Crippen MR) is 101 cm³/mol. The Bertz CT molecular complexity index is 1090. The Hall–Kier alpha value is -2.41. The summed E-state index contributed by atoms with van der Waals surface area (Å²) in [5.74, 6) is -0.117. The molecule has 0 unspecified atom stereocenters. The van der Waals surface area contributed by atoms with Crippen LogP contribution in [-0.2, 0) is 22.9 Å². The van der Waals surface area contributed by atoms with Gasteiger partial charge in [-0.05, 0) is 38.5 Å². The van der Waals surface area contributed by atoms with E-state index < -0.39 is 9.84 Å². The number of hydrogen-bond donors (Lipinski definition) is 0. The normalized spacial score (nSPS) is 12.0. The molecule has 0 bridgehead atoms. The van der Waals surface area contributed by atoms with Gasteiger partial charge in [-0.3, -0.25) is 4.79 Å². The van der Waals surface area contributed by atoms with Gasteiger partial charge in [0.15, 0.2) is 5.78 Å². The minimum Gasteiger partial charge on any atom is -0.348 e. The molecule has 6 nitrogen and oxygen atoms in total. The summed E-state index contributed by atoms with van der Waals surface area (Å²) in [6, 6.07) is 9.02. The molecule has 1 aromatic carbocycles. The molecular formula is C19H23N3O3S. The molecule has 138 valence electrons. The van der Waals surface area contributed by atoms with Gasteiger partial charge in [-0.25, -0.2) is 13.4 Å². The van der Waals surface area contributed by atoms with Crippen LogP contribution in [0, 0.1) is 13.8 Å².